The van der Waals surface area contributed by atoms with Crippen LogP contribution in [0.25, 0.3) is 0 Å². The monoisotopic (exact) mass is 344 g/mol. The number of aryl methyl sites for hydroxylation is 2. The average Bonchev–Trinajstić information content (AvgIpc) is 2.95. The highest BCUT2D eigenvalue weighted by molar-refractivity contribution is 7.98. The molecule has 1 N–H and O–H groups in total. The lowest BCUT2D eigenvalue weighted by Gasteiger charge is -2.05. The van der Waals surface area contributed by atoms with Crippen LogP contribution in [0.5, 0.6) is 0 Å². The Bertz CT molecular complexity index is 716. The summed E-state index contributed by atoms with van der Waals surface area (Å²) in [5.41, 5.74) is 2.98. The van der Waals surface area contributed by atoms with E-state index in [9.17, 15) is 4.79 Å². The van der Waals surface area contributed by atoms with Crippen molar-refractivity contribution in [1.82, 2.24) is 5.32 Å². The molecule has 0 spiro atoms. The van der Waals surface area contributed by atoms with Crippen LogP contribution in [0.15, 0.2) is 30.3 Å². The molecule has 0 aliphatic heterocycles. The number of nitrogens with one attached hydrogen (secondary N) is 1. The van der Waals surface area contributed by atoms with Crippen molar-refractivity contribution < 1.29 is 4.79 Å². The molecule has 0 saturated heterocycles. The molecule has 2 aromatic rings. The molecule has 0 unspecified atom stereocenters. The van der Waals surface area contributed by atoms with E-state index in [-0.39, 0.29) is 5.91 Å². The summed E-state index contributed by atoms with van der Waals surface area (Å²) in [6.45, 7) is 4.79. The molecule has 0 atom stereocenters. The molecule has 3 nitrogen and oxygen atoms in total. The summed E-state index contributed by atoms with van der Waals surface area (Å²) < 4.78 is 0. The summed E-state index contributed by atoms with van der Waals surface area (Å²) in [5.74, 6) is 1.63. The fourth-order valence-electron chi connectivity index (χ4n) is 2.24. The van der Waals surface area contributed by atoms with Crippen LogP contribution in [0.1, 0.15) is 38.2 Å². The molecule has 0 aliphatic carbocycles. The van der Waals surface area contributed by atoms with Gasteiger partial charge < -0.3 is 5.32 Å². The van der Waals surface area contributed by atoms with Crippen molar-refractivity contribution in [3.8, 4) is 6.07 Å². The summed E-state index contributed by atoms with van der Waals surface area (Å²) in [6, 6.07) is 11.8. The molecule has 1 heterocycles. The lowest BCUT2D eigenvalue weighted by molar-refractivity contribution is 0.0960. The van der Waals surface area contributed by atoms with E-state index in [0.717, 1.165) is 33.9 Å². The van der Waals surface area contributed by atoms with Crippen LogP contribution >= 0.6 is 23.1 Å². The van der Waals surface area contributed by atoms with Crippen molar-refractivity contribution in [3.63, 3.8) is 0 Å². The Labute approximate surface area is 145 Å². The van der Waals surface area contributed by atoms with E-state index in [1.165, 1.54) is 10.4 Å². The second kappa shape index (κ2) is 8.76. The molecule has 2 rings (SSSR count). The van der Waals surface area contributed by atoms with E-state index >= 15 is 0 Å². The quantitative estimate of drug-likeness (QED) is 0.768. The molecule has 0 fully saturated rings. The Morgan fingerprint density at radius 3 is 2.87 bits per heavy atom. The Kier molecular flexibility index (Phi) is 6.69. The van der Waals surface area contributed by atoms with Crippen LogP contribution in [-0.4, -0.2) is 18.2 Å². The topological polar surface area (TPSA) is 52.9 Å². The summed E-state index contributed by atoms with van der Waals surface area (Å²) in [4.78, 5) is 14.2. The Morgan fingerprint density at radius 2 is 2.17 bits per heavy atom. The molecular weight excluding hydrogens is 324 g/mol. The first-order valence-electron chi connectivity index (χ1n) is 7.59. The van der Waals surface area contributed by atoms with E-state index in [2.05, 4.69) is 25.2 Å². The minimum Gasteiger partial charge on any atom is -0.351 e. The Morgan fingerprint density at radius 1 is 1.39 bits per heavy atom. The maximum Gasteiger partial charge on any atom is 0.261 e. The Hall–Kier alpha value is -1.77. The number of rotatable bonds is 7. The summed E-state index contributed by atoms with van der Waals surface area (Å²) >= 11 is 3.30. The molecular formula is C18H20N2OS2. The van der Waals surface area contributed by atoms with Crippen LogP contribution in [-0.2, 0) is 12.2 Å². The normalized spacial score (nSPS) is 10.3. The molecule has 5 heteroatoms. The molecule has 0 saturated carbocycles. The fraction of sp³-hybridized carbons (Fsp3) is 0.333. The lowest BCUT2D eigenvalue weighted by Crippen LogP contribution is -2.24. The number of thioether (sulfide) groups is 1. The molecule has 23 heavy (non-hydrogen) atoms. The Balaban J connectivity index is 1.75. The smallest absolute Gasteiger partial charge is 0.261 e. The highest BCUT2D eigenvalue weighted by Crippen LogP contribution is 2.22. The number of nitrogens with zero attached hydrogens (tertiary/aromatic N) is 1. The van der Waals surface area contributed by atoms with Crippen LogP contribution in [0.3, 0.4) is 0 Å². The maximum atomic E-state index is 12.1. The number of hydrogen-bond donors (Lipinski definition) is 1. The van der Waals surface area contributed by atoms with Gasteiger partial charge in [0, 0.05) is 22.9 Å². The van der Waals surface area contributed by atoms with Crippen molar-refractivity contribution in [2.45, 2.75) is 26.0 Å². The number of hydrogen-bond acceptors (Lipinski definition) is 4. The van der Waals surface area contributed by atoms with Gasteiger partial charge in [-0.2, -0.15) is 17.0 Å². The maximum absolute atomic E-state index is 12.1. The second-order valence-corrected chi connectivity index (χ2v) is 7.39. The average molecular weight is 345 g/mol. The highest BCUT2D eigenvalue weighted by atomic mass is 32.2. The van der Waals surface area contributed by atoms with Gasteiger partial charge in [-0.15, -0.1) is 11.3 Å². The van der Waals surface area contributed by atoms with Crippen molar-refractivity contribution >= 4 is 29.0 Å². The van der Waals surface area contributed by atoms with E-state index in [4.69, 9.17) is 5.26 Å². The van der Waals surface area contributed by atoms with Gasteiger partial charge in [-0.1, -0.05) is 25.1 Å². The van der Waals surface area contributed by atoms with E-state index in [1.807, 2.05) is 30.3 Å². The largest absolute Gasteiger partial charge is 0.351 e. The molecule has 1 aromatic carbocycles. The second-order valence-electron chi connectivity index (χ2n) is 5.15. The zero-order valence-corrected chi connectivity index (χ0v) is 15.0. The number of carbonyl (C=O) groups is 1. The van der Waals surface area contributed by atoms with Crippen LogP contribution in [0.4, 0.5) is 0 Å². The van der Waals surface area contributed by atoms with Gasteiger partial charge in [-0.3, -0.25) is 4.79 Å². The first-order chi connectivity index (χ1) is 11.2. The van der Waals surface area contributed by atoms with E-state index in [1.54, 1.807) is 23.1 Å². The number of amides is 1. The van der Waals surface area contributed by atoms with Gasteiger partial charge in [0.1, 0.15) is 0 Å². The van der Waals surface area contributed by atoms with Gasteiger partial charge >= 0.3 is 0 Å². The first kappa shape index (κ1) is 17.6. The minimum absolute atomic E-state index is 0.0100. The third-order valence-corrected chi connectivity index (χ3v) is 5.88. The van der Waals surface area contributed by atoms with Gasteiger partial charge in [0.15, 0.2) is 0 Å². The number of thiophene rings is 1. The molecule has 120 valence electrons. The molecule has 0 bridgehead atoms. The first-order valence-corrected chi connectivity index (χ1v) is 9.56. The summed E-state index contributed by atoms with van der Waals surface area (Å²) in [5, 5.41) is 12.0. The molecule has 1 aromatic heterocycles. The van der Waals surface area contributed by atoms with Gasteiger partial charge in [0.25, 0.3) is 5.91 Å². The number of carbonyl (C=O) groups excluding carboxylic acids is 1. The zero-order chi connectivity index (χ0) is 16.7. The van der Waals surface area contributed by atoms with Gasteiger partial charge in [-0.25, -0.2) is 0 Å². The van der Waals surface area contributed by atoms with Crippen LogP contribution in [0.2, 0.25) is 0 Å². The predicted octanol–water partition coefficient (Wildman–Crippen LogP) is 4.15. The highest BCUT2D eigenvalue weighted by Gasteiger charge is 2.11. The molecule has 0 aliphatic rings. The summed E-state index contributed by atoms with van der Waals surface area (Å²) in [6.07, 6.45) is 0.970. The number of nitriles is 1. The summed E-state index contributed by atoms with van der Waals surface area (Å²) in [7, 11) is 0. The SMILES string of the molecule is CCc1sc(C(=O)NCCSCc2ccccc2C#N)cc1C. The van der Waals surface area contributed by atoms with Crippen molar-refractivity contribution in [3.05, 3.63) is 56.8 Å². The fourth-order valence-corrected chi connectivity index (χ4v) is 4.14. The van der Waals surface area contributed by atoms with Gasteiger partial charge in [0.2, 0.25) is 0 Å². The third kappa shape index (κ3) is 4.85. The third-order valence-electron chi connectivity index (χ3n) is 3.49. The molecule has 0 radical (unpaired) electrons. The van der Waals surface area contributed by atoms with E-state index in [0.29, 0.717) is 6.54 Å². The predicted molar refractivity (Wildman–Crippen MR) is 98.1 cm³/mol. The van der Waals surface area contributed by atoms with Crippen LogP contribution < -0.4 is 5.32 Å². The standard InChI is InChI=1S/C18H20N2OS2/c1-3-16-13(2)10-17(23-16)18(21)20-8-9-22-12-15-7-5-4-6-14(15)11-19/h4-7,10H,3,8-9,12H2,1-2H3,(H,20,21). The zero-order valence-electron chi connectivity index (χ0n) is 13.4. The van der Waals surface area contributed by atoms with Crippen LogP contribution in [0, 0.1) is 18.3 Å². The van der Waals surface area contributed by atoms with Gasteiger partial charge in [0.05, 0.1) is 16.5 Å². The van der Waals surface area contributed by atoms with Crippen molar-refractivity contribution in [2.24, 2.45) is 0 Å². The number of benzene rings is 1. The van der Waals surface area contributed by atoms with E-state index < -0.39 is 0 Å². The minimum atomic E-state index is 0.0100. The molecule has 1 amide bonds. The van der Waals surface area contributed by atoms with Crippen molar-refractivity contribution in [1.29, 1.82) is 5.26 Å². The van der Waals surface area contributed by atoms with Crippen molar-refractivity contribution in [2.75, 3.05) is 12.3 Å². The lowest BCUT2D eigenvalue weighted by atomic mass is 10.1. The van der Waals surface area contributed by atoms with Gasteiger partial charge in [-0.05, 0) is 36.6 Å².